The highest BCUT2D eigenvalue weighted by atomic mass is 32.1. The highest BCUT2D eigenvalue weighted by molar-refractivity contribution is 7.10. The van der Waals surface area contributed by atoms with Crippen LogP contribution in [0.2, 0.25) is 0 Å². The molecule has 0 spiro atoms. The number of amides is 2. The summed E-state index contributed by atoms with van der Waals surface area (Å²) in [6.07, 6.45) is -3.24. The normalized spacial score (nSPS) is 14.3. The summed E-state index contributed by atoms with van der Waals surface area (Å²) in [4.78, 5) is 35.3. The number of thiazole rings is 1. The number of likely N-dealkylation sites (tertiary alicyclic amines) is 1. The van der Waals surface area contributed by atoms with Crippen LogP contribution in [0.5, 0.6) is 0 Å². The Morgan fingerprint density at radius 2 is 1.54 bits per heavy atom. The van der Waals surface area contributed by atoms with Gasteiger partial charge in [0.1, 0.15) is 17.6 Å². The summed E-state index contributed by atoms with van der Waals surface area (Å²) in [5.41, 5.74) is 1.87. The number of aromatic nitrogens is 1. The number of anilines is 1. The molecule has 0 bridgehead atoms. The van der Waals surface area contributed by atoms with Crippen LogP contribution in [0.1, 0.15) is 61.8 Å². The summed E-state index contributed by atoms with van der Waals surface area (Å²) in [5, 5.41) is 12.6. The average molecular weight is 669 g/mol. The number of piperidine rings is 1. The predicted octanol–water partition coefficient (Wildman–Crippen LogP) is 8.90. The Labute approximate surface area is 278 Å². The molecule has 1 aliphatic heterocycles. The number of halogens is 4. The molecule has 2 amide bonds. The maximum Gasteiger partial charge on any atom is 0.416 e. The molecule has 48 heavy (non-hydrogen) atoms. The van der Waals surface area contributed by atoms with Crippen molar-refractivity contribution in [2.75, 3.05) is 18.0 Å². The quantitative estimate of drug-likeness (QED) is 0.162. The van der Waals surface area contributed by atoms with E-state index in [9.17, 15) is 32.4 Å². The highest BCUT2D eigenvalue weighted by Crippen LogP contribution is 2.35. The van der Waals surface area contributed by atoms with E-state index in [1.807, 2.05) is 0 Å². The van der Waals surface area contributed by atoms with Crippen LogP contribution in [0.3, 0.4) is 0 Å². The zero-order valence-electron chi connectivity index (χ0n) is 25.4. The Morgan fingerprint density at radius 1 is 0.896 bits per heavy atom. The first kappa shape index (κ1) is 32.6. The lowest BCUT2D eigenvalue weighted by Gasteiger charge is -2.31. The van der Waals surface area contributed by atoms with Crippen LogP contribution >= 0.6 is 11.3 Å². The van der Waals surface area contributed by atoms with E-state index in [1.165, 1.54) is 52.6 Å². The van der Waals surface area contributed by atoms with Crippen molar-refractivity contribution in [3.05, 3.63) is 142 Å². The largest absolute Gasteiger partial charge is 0.416 e. The zero-order chi connectivity index (χ0) is 33.8. The van der Waals surface area contributed by atoms with Gasteiger partial charge in [0.05, 0.1) is 16.6 Å². The molecule has 0 aliphatic carbocycles. The number of rotatable bonds is 7. The second kappa shape index (κ2) is 13.8. The van der Waals surface area contributed by atoms with Crippen molar-refractivity contribution in [1.29, 1.82) is 5.26 Å². The molecule has 2 heterocycles. The van der Waals surface area contributed by atoms with Crippen molar-refractivity contribution in [3.63, 3.8) is 0 Å². The molecule has 4 aromatic carbocycles. The van der Waals surface area contributed by atoms with Gasteiger partial charge in [0.15, 0.2) is 0 Å². The minimum absolute atomic E-state index is 0.000191. The summed E-state index contributed by atoms with van der Waals surface area (Å²) in [6, 6.07) is 27.0. The Hall–Kier alpha value is -5.34. The summed E-state index contributed by atoms with van der Waals surface area (Å²) in [7, 11) is 0. The minimum Gasteiger partial charge on any atom is -0.339 e. The van der Waals surface area contributed by atoms with E-state index in [2.05, 4.69) is 11.1 Å². The van der Waals surface area contributed by atoms with Crippen molar-refractivity contribution in [1.82, 2.24) is 9.88 Å². The standard InChI is InChI=1S/C37H28F4N4O2S/c38-28-16-12-25(13-17-28)33(22-42)45(29-6-2-1-3-7-29)36(47)32-23-48-34(43-32)26-18-20-44(21-19-26)35(46)31-9-5-4-8-30(31)24-10-14-27(15-11-24)37(39,40)41/h1-17,23,26,33H,18-21H2. The molecule has 1 unspecified atom stereocenters. The highest BCUT2D eigenvalue weighted by Gasteiger charge is 2.33. The third-order valence-electron chi connectivity index (χ3n) is 8.37. The van der Waals surface area contributed by atoms with Gasteiger partial charge in [-0.3, -0.25) is 14.5 Å². The van der Waals surface area contributed by atoms with E-state index >= 15 is 0 Å². The molecule has 1 fully saturated rings. The Bertz CT molecular complexity index is 1950. The third kappa shape index (κ3) is 6.85. The molecule has 11 heteroatoms. The van der Waals surface area contributed by atoms with Gasteiger partial charge in [0.2, 0.25) is 0 Å². The Kier molecular flexibility index (Phi) is 9.37. The monoisotopic (exact) mass is 668 g/mol. The molecule has 1 aliphatic rings. The molecule has 242 valence electrons. The summed E-state index contributed by atoms with van der Waals surface area (Å²) >= 11 is 1.35. The SMILES string of the molecule is N#CC(c1ccc(F)cc1)N(C(=O)c1csc(C2CCN(C(=O)c3ccccc3-c3ccc(C(F)(F)F)cc3)CC2)n1)c1ccccc1. The number of benzene rings is 4. The number of carbonyl (C=O) groups excluding carboxylic acids is 2. The number of hydrogen-bond acceptors (Lipinski definition) is 5. The number of carbonyl (C=O) groups is 2. The molecule has 6 rings (SSSR count). The van der Waals surface area contributed by atoms with E-state index in [1.54, 1.807) is 64.9 Å². The number of nitriles is 1. The molecule has 1 aromatic heterocycles. The van der Waals surface area contributed by atoms with Crippen molar-refractivity contribution >= 4 is 28.8 Å². The molecule has 6 nitrogen and oxygen atoms in total. The first-order valence-corrected chi connectivity index (χ1v) is 16.1. The van der Waals surface area contributed by atoms with Crippen molar-refractivity contribution in [2.24, 2.45) is 0 Å². The predicted molar refractivity (Wildman–Crippen MR) is 175 cm³/mol. The second-order valence-corrected chi connectivity index (χ2v) is 12.2. The molecule has 5 aromatic rings. The van der Waals surface area contributed by atoms with Crippen LogP contribution in [-0.4, -0.2) is 34.8 Å². The van der Waals surface area contributed by atoms with E-state index in [0.29, 0.717) is 53.9 Å². The van der Waals surface area contributed by atoms with Gasteiger partial charge in [-0.1, -0.05) is 60.7 Å². The minimum atomic E-state index is -4.45. The molecule has 1 saturated heterocycles. The second-order valence-electron chi connectivity index (χ2n) is 11.4. The lowest BCUT2D eigenvalue weighted by Crippen LogP contribution is -2.38. The van der Waals surface area contributed by atoms with Crippen LogP contribution in [0, 0.1) is 17.1 Å². The Morgan fingerprint density at radius 3 is 2.19 bits per heavy atom. The van der Waals surface area contributed by atoms with E-state index < -0.39 is 29.5 Å². The Balaban J connectivity index is 1.17. The van der Waals surface area contributed by atoms with Gasteiger partial charge in [-0.15, -0.1) is 11.3 Å². The number of hydrogen-bond donors (Lipinski definition) is 0. The van der Waals surface area contributed by atoms with Gasteiger partial charge < -0.3 is 4.90 Å². The summed E-state index contributed by atoms with van der Waals surface area (Å²) in [5.74, 6) is -1.12. The van der Waals surface area contributed by atoms with E-state index in [4.69, 9.17) is 0 Å². The smallest absolute Gasteiger partial charge is 0.339 e. The zero-order valence-corrected chi connectivity index (χ0v) is 26.2. The van der Waals surface area contributed by atoms with Crippen molar-refractivity contribution in [3.8, 4) is 17.2 Å². The van der Waals surface area contributed by atoms with Crippen LogP contribution in [0.15, 0.2) is 109 Å². The lowest BCUT2D eigenvalue weighted by molar-refractivity contribution is -0.137. The average Bonchev–Trinajstić information content (AvgIpc) is 3.61. The molecular formula is C37H28F4N4O2S. The molecule has 0 radical (unpaired) electrons. The fraction of sp³-hybridized carbons (Fsp3) is 0.189. The molecular weight excluding hydrogens is 640 g/mol. The van der Waals surface area contributed by atoms with Gasteiger partial charge >= 0.3 is 6.18 Å². The van der Waals surface area contributed by atoms with Crippen molar-refractivity contribution in [2.45, 2.75) is 31.0 Å². The molecule has 1 atom stereocenters. The summed E-state index contributed by atoms with van der Waals surface area (Å²) < 4.78 is 52.9. The van der Waals surface area contributed by atoms with Gasteiger partial charge in [-0.05, 0) is 72.0 Å². The van der Waals surface area contributed by atoms with Crippen LogP contribution in [0.4, 0.5) is 23.2 Å². The van der Waals surface area contributed by atoms with Crippen LogP contribution in [0.25, 0.3) is 11.1 Å². The van der Waals surface area contributed by atoms with Crippen LogP contribution < -0.4 is 4.90 Å². The first-order valence-electron chi connectivity index (χ1n) is 15.2. The number of para-hydroxylation sites is 1. The fourth-order valence-electron chi connectivity index (χ4n) is 5.86. The maximum atomic E-state index is 13.9. The fourth-order valence-corrected chi connectivity index (χ4v) is 6.82. The van der Waals surface area contributed by atoms with Gasteiger partial charge in [-0.25, -0.2) is 9.37 Å². The van der Waals surface area contributed by atoms with Crippen LogP contribution in [-0.2, 0) is 6.18 Å². The van der Waals surface area contributed by atoms with Gasteiger partial charge in [0, 0.05) is 35.6 Å². The van der Waals surface area contributed by atoms with Gasteiger partial charge in [-0.2, -0.15) is 18.4 Å². The first-order chi connectivity index (χ1) is 23.1. The number of nitrogens with zero attached hydrogens (tertiary/aromatic N) is 4. The van der Waals surface area contributed by atoms with Crippen molar-refractivity contribution < 1.29 is 27.2 Å². The molecule has 0 N–H and O–H groups in total. The maximum absolute atomic E-state index is 13.9. The van der Waals surface area contributed by atoms with E-state index in [-0.39, 0.29) is 17.5 Å². The number of alkyl halides is 3. The third-order valence-corrected chi connectivity index (χ3v) is 9.38. The lowest BCUT2D eigenvalue weighted by atomic mass is 9.94. The van der Waals surface area contributed by atoms with Gasteiger partial charge in [0.25, 0.3) is 11.8 Å². The topological polar surface area (TPSA) is 77.3 Å². The van der Waals surface area contributed by atoms with E-state index in [0.717, 1.165) is 17.1 Å². The summed E-state index contributed by atoms with van der Waals surface area (Å²) in [6.45, 7) is 0.871. The molecule has 0 saturated carbocycles.